The zero-order valence-corrected chi connectivity index (χ0v) is 18.1. The molecule has 30 heavy (non-hydrogen) atoms. The van der Waals surface area contributed by atoms with Crippen molar-refractivity contribution in [1.82, 2.24) is 14.7 Å². The van der Waals surface area contributed by atoms with E-state index in [2.05, 4.69) is 5.32 Å². The zero-order valence-electron chi connectivity index (χ0n) is 18.1. The standard InChI is InChI=1S/C22H32N4O4/c1-22(2,3)30-21(29)25-14-12-24(13-15-25)19(27)17-8-7-11-26(16-17)20(28)23-18-9-5-4-6-10-18/h4-6,9-10,17H,7-8,11-16H2,1-3H3,(H,23,28). The Morgan fingerprint density at radius 3 is 2.20 bits per heavy atom. The van der Waals surface area contributed by atoms with Crippen molar-refractivity contribution < 1.29 is 19.1 Å². The van der Waals surface area contributed by atoms with Crippen LogP contribution in [-0.2, 0) is 9.53 Å². The lowest BCUT2D eigenvalue weighted by Gasteiger charge is -2.39. The van der Waals surface area contributed by atoms with Gasteiger partial charge in [0.1, 0.15) is 5.60 Å². The Kier molecular flexibility index (Phi) is 6.84. The van der Waals surface area contributed by atoms with E-state index in [9.17, 15) is 14.4 Å². The van der Waals surface area contributed by atoms with E-state index in [1.54, 1.807) is 9.80 Å². The fourth-order valence-electron chi connectivity index (χ4n) is 3.78. The van der Waals surface area contributed by atoms with Gasteiger partial charge in [-0.3, -0.25) is 4.79 Å². The highest BCUT2D eigenvalue weighted by molar-refractivity contribution is 5.90. The van der Waals surface area contributed by atoms with Gasteiger partial charge in [-0.1, -0.05) is 18.2 Å². The lowest BCUT2D eigenvalue weighted by atomic mass is 9.96. The number of urea groups is 1. The number of benzene rings is 1. The van der Waals surface area contributed by atoms with E-state index in [1.165, 1.54) is 0 Å². The normalized spacial score (nSPS) is 20.0. The van der Waals surface area contributed by atoms with Crippen molar-refractivity contribution in [2.75, 3.05) is 44.6 Å². The number of nitrogens with one attached hydrogen (secondary N) is 1. The second-order valence-electron chi connectivity index (χ2n) is 8.87. The van der Waals surface area contributed by atoms with Crippen LogP contribution in [0.25, 0.3) is 0 Å². The summed E-state index contributed by atoms with van der Waals surface area (Å²) in [5.41, 5.74) is 0.213. The molecule has 8 heteroatoms. The summed E-state index contributed by atoms with van der Waals surface area (Å²) in [6, 6.07) is 9.15. The lowest BCUT2D eigenvalue weighted by Crippen LogP contribution is -2.54. The molecule has 2 saturated heterocycles. The van der Waals surface area contributed by atoms with Gasteiger partial charge in [0.2, 0.25) is 5.91 Å². The fourth-order valence-corrected chi connectivity index (χ4v) is 3.78. The molecule has 0 aliphatic carbocycles. The van der Waals surface area contributed by atoms with Gasteiger partial charge in [-0.25, -0.2) is 9.59 Å². The first-order valence-electron chi connectivity index (χ1n) is 10.6. The van der Waals surface area contributed by atoms with Crippen LogP contribution in [-0.4, -0.2) is 77.6 Å². The van der Waals surface area contributed by atoms with Crippen molar-refractivity contribution in [2.45, 2.75) is 39.2 Å². The van der Waals surface area contributed by atoms with E-state index in [0.29, 0.717) is 39.3 Å². The quantitative estimate of drug-likeness (QED) is 0.804. The molecule has 164 valence electrons. The minimum atomic E-state index is -0.532. The van der Waals surface area contributed by atoms with Gasteiger partial charge >= 0.3 is 12.1 Å². The Bertz CT molecular complexity index is 754. The summed E-state index contributed by atoms with van der Waals surface area (Å²) in [5.74, 6) is -0.135. The van der Waals surface area contributed by atoms with Crippen molar-refractivity contribution in [3.63, 3.8) is 0 Å². The number of anilines is 1. The van der Waals surface area contributed by atoms with Crippen LogP contribution in [0.4, 0.5) is 15.3 Å². The number of carbonyl (C=O) groups is 3. The van der Waals surface area contributed by atoms with Crippen LogP contribution >= 0.6 is 0 Å². The van der Waals surface area contributed by atoms with Crippen molar-refractivity contribution in [2.24, 2.45) is 5.92 Å². The predicted molar refractivity (Wildman–Crippen MR) is 114 cm³/mol. The molecule has 1 aromatic carbocycles. The van der Waals surface area contributed by atoms with Crippen molar-refractivity contribution >= 4 is 23.7 Å². The topological polar surface area (TPSA) is 82.2 Å². The Morgan fingerprint density at radius 1 is 0.933 bits per heavy atom. The molecule has 2 aliphatic heterocycles. The molecule has 0 saturated carbocycles. The average Bonchev–Trinajstić information content (AvgIpc) is 2.73. The molecule has 3 rings (SSSR count). The molecule has 1 N–H and O–H groups in total. The van der Waals surface area contributed by atoms with Gasteiger partial charge in [-0.05, 0) is 45.7 Å². The Hall–Kier alpha value is -2.77. The largest absolute Gasteiger partial charge is 0.444 e. The molecule has 1 unspecified atom stereocenters. The highest BCUT2D eigenvalue weighted by Crippen LogP contribution is 2.21. The van der Waals surface area contributed by atoms with Gasteiger partial charge in [0, 0.05) is 45.0 Å². The van der Waals surface area contributed by atoms with Crippen LogP contribution in [0.15, 0.2) is 30.3 Å². The third-order valence-electron chi connectivity index (χ3n) is 5.33. The summed E-state index contributed by atoms with van der Waals surface area (Å²) >= 11 is 0. The Balaban J connectivity index is 1.49. The van der Waals surface area contributed by atoms with E-state index in [-0.39, 0.29) is 23.9 Å². The number of likely N-dealkylation sites (tertiary alicyclic amines) is 1. The Morgan fingerprint density at radius 2 is 1.57 bits per heavy atom. The number of hydrogen-bond acceptors (Lipinski definition) is 4. The number of para-hydroxylation sites is 1. The first-order valence-corrected chi connectivity index (χ1v) is 10.6. The number of nitrogens with zero attached hydrogens (tertiary/aromatic N) is 3. The molecule has 0 bridgehead atoms. The highest BCUT2D eigenvalue weighted by Gasteiger charge is 2.34. The van der Waals surface area contributed by atoms with Crippen molar-refractivity contribution in [3.05, 3.63) is 30.3 Å². The third kappa shape index (κ3) is 5.87. The second kappa shape index (κ2) is 9.36. The van der Waals surface area contributed by atoms with Gasteiger partial charge in [0.05, 0.1) is 5.92 Å². The second-order valence-corrected chi connectivity index (χ2v) is 8.87. The van der Waals surface area contributed by atoms with Crippen LogP contribution in [0.3, 0.4) is 0 Å². The summed E-state index contributed by atoms with van der Waals surface area (Å²) in [6.45, 7) is 8.50. The van der Waals surface area contributed by atoms with Crippen LogP contribution in [0.2, 0.25) is 0 Å². The van der Waals surface area contributed by atoms with E-state index in [1.807, 2.05) is 56.0 Å². The number of ether oxygens (including phenoxy) is 1. The molecule has 2 aliphatic rings. The molecular formula is C22H32N4O4. The van der Waals surface area contributed by atoms with E-state index in [0.717, 1.165) is 18.5 Å². The minimum absolute atomic E-state index is 0.0658. The smallest absolute Gasteiger partial charge is 0.410 e. The third-order valence-corrected chi connectivity index (χ3v) is 5.33. The molecule has 0 aromatic heterocycles. The summed E-state index contributed by atoms with van der Waals surface area (Å²) < 4.78 is 5.41. The van der Waals surface area contributed by atoms with Gasteiger partial charge in [-0.15, -0.1) is 0 Å². The van der Waals surface area contributed by atoms with Crippen molar-refractivity contribution in [1.29, 1.82) is 0 Å². The maximum absolute atomic E-state index is 13.0. The Labute approximate surface area is 178 Å². The molecule has 2 fully saturated rings. The monoisotopic (exact) mass is 416 g/mol. The van der Waals surface area contributed by atoms with Gasteiger partial charge in [-0.2, -0.15) is 0 Å². The zero-order chi connectivity index (χ0) is 21.7. The maximum atomic E-state index is 13.0. The minimum Gasteiger partial charge on any atom is -0.444 e. The molecule has 1 atom stereocenters. The summed E-state index contributed by atoms with van der Waals surface area (Å²) in [4.78, 5) is 43.0. The van der Waals surface area contributed by atoms with Gasteiger partial charge in [0.25, 0.3) is 0 Å². The van der Waals surface area contributed by atoms with Gasteiger partial charge < -0.3 is 24.8 Å². The maximum Gasteiger partial charge on any atom is 0.410 e. The number of piperidine rings is 1. The number of rotatable bonds is 2. The van der Waals surface area contributed by atoms with Crippen molar-refractivity contribution in [3.8, 4) is 0 Å². The molecule has 1 aromatic rings. The molecule has 8 nitrogen and oxygen atoms in total. The van der Waals surface area contributed by atoms with Crippen LogP contribution in [0.1, 0.15) is 33.6 Å². The number of carbonyl (C=O) groups excluding carboxylic acids is 3. The highest BCUT2D eigenvalue weighted by atomic mass is 16.6. The summed E-state index contributed by atoms with van der Waals surface area (Å²) in [6.07, 6.45) is 1.24. The van der Waals surface area contributed by atoms with E-state index < -0.39 is 5.60 Å². The number of piperazine rings is 1. The molecule has 2 heterocycles. The lowest BCUT2D eigenvalue weighted by molar-refractivity contribution is -0.138. The first kappa shape index (κ1) is 21.9. The van der Waals surface area contributed by atoms with Crippen LogP contribution in [0.5, 0.6) is 0 Å². The predicted octanol–water partition coefficient (Wildman–Crippen LogP) is 3.01. The molecule has 0 spiro atoms. The van der Waals surface area contributed by atoms with Crippen LogP contribution in [0, 0.1) is 5.92 Å². The summed E-state index contributed by atoms with van der Waals surface area (Å²) in [7, 11) is 0. The first-order chi connectivity index (χ1) is 14.2. The average molecular weight is 417 g/mol. The van der Waals surface area contributed by atoms with E-state index in [4.69, 9.17) is 4.74 Å². The number of hydrogen-bond donors (Lipinski definition) is 1. The molecular weight excluding hydrogens is 384 g/mol. The van der Waals surface area contributed by atoms with Gasteiger partial charge in [0.15, 0.2) is 0 Å². The fraction of sp³-hybridized carbons (Fsp3) is 0.591. The van der Waals surface area contributed by atoms with Crippen LogP contribution < -0.4 is 5.32 Å². The molecule has 4 amide bonds. The molecule has 0 radical (unpaired) electrons. The SMILES string of the molecule is CC(C)(C)OC(=O)N1CCN(C(=O)C2CCCN(C(=O)Nc3ccccc3)C2)CC1. The summed E-state index contributed by atoms with van der Waals surface area (Å²) in [5, 5.41) is 2.89. The number of amides is 4. The van der Waals surface area contributed by atoms with E-state index >= 15 is 0 Å².